The molecular weight excluding hydrogens is 406 g/mol. The minimum absolute atomic E-state index is 0.220. The number of ether oxygens (including phenoxy) is 2. The maximum atomic E-state index is 12.3. The molecule has 0 fully saturated rings. The molecule has 2 heterocycles. The Morgan fingerprint density at radius 2 is 1.96 bits per heavy atom. The lowest BCUT2D eigenvalue weighted by Crippen LogP contribution is -2.14. The number of aromatic nitrogens is 1. The molecule has 0 aliphatic rings. The molecule has 0 unspecified atom stereocenters. The first-order valence-electron chi connectivity index (χ1n) is 7.83. The van der Waals surface area contributed by atoms with E-state index >= 15 is 0 Å². The van der Waals surface area contributed by atoms with Crippen molar-refractivity contribution in [2.45, 2.75) is 20.8 Å². The van der Waals surface area contributed by atoms with Crippen LogP contribution >= 0.6 is 15.9 Å². The summed E-state index contributed by atoms with van der Waals surface area (Å²) < 4.78 is 15.7. The van der Waals surface area contributed by atoms with Gasteiger partial charge in [0.1, 0.15) is 5.76 Å². The maximum absolute atomic E-state index is 12.3. The highest BCUT2D eigenvalue weighted by Crippen LogP contribution is 2.20. The average molecular weight is 424 g/mol. The molecule has 2 aromatic heterocycles. The number of rotatable bonds is 7. The van der Waals surface area contributed by atoms with Crippen molar-refractivity contribution in [1.29, 1.82) is 0 Å². The predicted molar refractivity (Wildman–Crippen MR) is 97.0 cm³/mol. The normalized spacial score (nSPS) is 10.9. The van der Waals surface area contributed by atoms with Gasteiger partial charge in [0, 0.05) is 11.8 Å². The molecule has 2 rings (SSSR count). The number of carbonyl (C=O) groups is 3. The number of aryl methyl sites for hydroxylation is 1. The third-order valence-electron chi connectivity index (χ3n) is 3.52. The summed E-state index contributed by atoms with van der Waals surface area (Å²) in [5.41, 5.74) is 1.54. The van der Waals surface area contributed by atoms with Gasteiger partial charge in [-0.2, -0.15) is 0 Å². The number of ketones is 1. The third-order valence-corrected chi connectivity index (χ3v) is 3.95. The lowest BCUT2D eigenvalue weighted by Gasteiger charge is -2.03. The molecule has 0 aliphatic heterocycles. The fourth-order valence-corrected chi connectivity index (χ4v) is 2.68. The second-order valence-electron chi connectivity index (χ2n) is 5.35. The molecule has 0 saturated carbocycles. The number of halogens is 1. The van der Waals surface area contributed by atoms with E-state index in [2.05, 4.69) is 20.9 Å². The van der Waals surface area contributed by atoms with E-state index < -0.39 is 24.3 Å². The number of esters is 2. The monoisotopic (exact) mass is 423 g/mol. The minimum atomic E-state index is -0.683. The average Bonchev–Trinajstić information content (AvgIpc) is 3.13. The zero-order chi connectivity index (χ0) is 19.3. The number of H-pyrrole nitrogens is 1. The molecular formula is C18H18BrNO6. The lowest BCUT2D eigenvalue weighted by atomic mass is 10.1. The molecule has 8 heteroatoms. The Labute approximate surface area is 158 Å². The van der Waals surface area contributed by atoms with Crippen LogP contribution in [0.1, 0.15) is 44.8 Å². The highest BCUT2D eigenvalue weighted by molar-refractivity contribution is 9.10. The molecule has 26 heavy (non-hydrogen) atoms. The van der Waals surface area contributed by atoms with Gasteiger partial charge in [0.05, 0.1) is 17.9 Å². The Kier molecular flexibility index (Phi) is 6.57. The van der Waals surface area contributed by atoms with Crippen molar-refractivity contribution in [3.05, 3.63) is 51.2 Å². The molecule has 0 atom stereocenters. The molecule has 0 aromatic carbocycles. The SMILES string of the molecule is CCOC(=O)c1c(C)[nH]c(C(=O)COC(=O)/C=C/c2ccc(Br)o2)c1C. The molecule has 2 aromatic rings. The summed E-state index contributed by atoms with van der Waals surface area (Å²) in [4.78, 5) is 38.8. The van der Waals surface area contributed by atoms with E-state index in [0.29, 0.717) is 27.3 Å². The van der Waals surface area contributed by atoms with Gasteiger partial charge >= 0.3 is 11.9 Å². The third kappa shape index (κ3) is 4.72. The summed E-state index contributed by atoms with van der Waals surface area (Å²) in [5.74, 6) is -1.15. The van der Waals surface area contributed by atoms with Crippen molar-refractivity contribution >= 4 is 39.7 Å². The standard InChI is InChI=1S/C18H18BrNO6/c1-4-24-18(23)16-10(2)17(20-11(16)3)13(21)9-25-15(22)8-6-12-5-7-14(19)26-12/h5-8,20H,4,9H2,1-3H3/b8-6+. The van der Waals surface area contributed by atoms with Crippen molar-refractivity contribution in [2.75, 3.05) is 13.2 Å². The van der Waals surface area contributed by atoms with E-state index in [-0.39, 0.29) is 12.3 Å². The molecule has 1 N–H and O–H groups in total. The largest absolute Gasteiger partial charge is 0.462 e. The van der Waals surface area contributed by atoms with Crippen LogP contribution in [-0.2, 0) is 14.3 Å². The maximum Gasteiger partial charge on any atom is 0.340 e. The second kappa shape index (κ2) is 8.66. The quantitative estimate of drug-likeness (QED) is 0.414. The van der Waals surface area contributed by atoms with Crippen LogP contribution in [0.25, 0.3) is 6.08 Å². The molecule has 0 saturated heterocycles. The minimum Gasteiger partial charge on any atom is -0.462 e. The number of carbonyl (C=O) groups excluding carboxylic acids is 3. The first-order valence-corrected chi connectivity index (χ1v) is 8.62. The zero-order valence-electron chi connectivity index (χ0n) is 14.6. The van der Waals surface area contributed by atoms with E-state index in [0.717, 1.165) is 6.08 Å². The van der Waals surface area contributed by atoms with Crippen molar-refractivity contribution < 1.29 is 28.3 Å². The molecule has 0 radical (unpaired) electrons. The summed E-state index contributed by atoms with van der Waals surface area (Å²) in [6, 6.07) is 3.35. The topological polar surface area (TPSA) is 98.6 Å². The van der Waals surface area contributed by atoms with E-state index in [9.17, 15) is 14.4 Å². The van der Waals surface area contributed by atoms with Crippen molar-refractivity contribution in [3.8, 4) is 0 Å². The number of furan rings is 1. The smallest absolute Gasteiger partial charge is 0.340 e. The van der Waals surface area contributed by atoms with Gasteiger partial charge in [-0.1, -0.05) is 0 Å². The molecule has 7 nitrogen and oxygen atoms in total. The fraction of sp³-hybridized carbons (Fsp3) is 0.278. The van der Waals surface area contributed by atoms with Gasteiger partial charge in [0.2, 0.25) is 5.78 Å². The number of aromatic amines is 1. The molecule has 0 aliphatic carbocycles. The Morgan fingerprint density at radius 3 is 2.58 bits per heavy atom. The van der Waals surface area contributed by atoms with Crippen molar-refractivity contribution in [2.24, 2.45) is 0 Å². The summed E-state index contributed by atoms with van der Waals surface area (Å²) in [6.07, 6.45) is 2.59. The van der Waals surface area contributed by atoms with Crippen LogP contribution in [0.2, 0.25) is 0 Å². The van der Waals surface area contributed by atoms with Crippen LogP contribution in [0.5, 0.6) is 0 Å². The summed E-state index contributed by atoms with van der Waals surface area (Å²) in [5, 5.41) is 0. The van der Waals surface area contributed by atoms with E-state index in [1.165, 1.54) is 6.08 Å². The first kappa shape index (κ1) is 19.7. The van der Waals surface area contributed by atoms with Crippen LogP contribution in [0.15, 0.2) is 27.3 Å². The van der Waals surface area contributed by atoms with Gasteiger partial charge < -0.3 is 18.9 Å². The molecule has 138 valence electrons. The van der Waals surface area contributed by atoms with Gasteiger partial charge in [0.15, 0.2) is 11.3 Å². The highest BCUT2D eigenvalue weighted by Gasteiger charge is 2.23. The van der Waals surface area contributed by atoms with Crippen LogP contribution in [0, 0.1) is 13.8 Å². The van der Waals surface area contributed by atoms with Gasteiger partial charge in [-0.05, 0) is 60.5 Å². The summed E-state index contributed by atoms with van der Waals surface area (Å²) in [7, 11) is 0. The Bertz CT molecular complexity index is 861. The number of nitrogens with one attached hydrogen (secondary N) is 1. The number of hydrogen-bond donors (Lipinski definition) is 1. The van der Waals surface area contributed by atoms with E-state index in [1.807, 2.05) is 0 Å². The van der Waals surface area contributed by atoms with Gasteiger partial charge in [-0.25, -0.2) is 9.59 Å². The Balaban J connectivity index is 1.99. The number of Topliss-reactive ketones (excluding diaryl/α,β-unsaturated/α-hetero) is 1. The summed E-state index contributed by atoms with van der Waals surface area (Å²) in [6.45, 7) is 4.80. The van der Waals surface area contributed by atoms with E-state index in [4.69, 9.17) is 13.9 Å². The van der Waals surface area contributed by atoms with Gasteiger partial charge in [-0.3, -0.25) is 4.79 Å². The number of hydrogen-bond acceptors (Lipinski definition) is 6. The Morgan fingerprint density at radius 1 is 1.23 bits per heavy atom. The van der Waals surface area contributed by atoms with Gasteiger partial charge in [0.25, 0.3) is 0 Å². The fourth-order valence-electron chi connectivity index (χ4n) is 2.36. The van der Waals surface area contributed by atoms with Crippen LogP contribution in [-0.4, -0.2) is 35.9 Å². The predicted octanol–water partition coefficient (Wildman–Crippen LogP) is 3.60. The lowest BCUT2D eigenvalue weighted by molar-refractivity contribution is -0.136. The van der Waals surface area contributed by atoms with Crippen LogP contribution in [0.3, 0.4) is 0 Å². The van der Waals surface area contributed by atoms with Crippen molar-refractivity contribution in [3.63, 3.8) is 0 Å². The van der Waals surface area contributed by atoms with Gasteiger partial charge in [-0.15, -0.1) is 0 Å². The molecule has 0 bridgehead atoms. The zero-order valence-corrected chi connectivity index (χ0v) is 16.1. The van der Waals surface area contributed by atoms with Crippen LogP contribution < -0.4 is 0 Å². The Hall–Kier alpha value is -2.61. The second-order valence-corrected chi connectivity index (χ2v) is 6.13. The van der Waals surface area contributed by atoms with Crippen LogP contribution in [0.4, 0.5) is 0 Å². The molecule has 0 spiro atoms. The van der Waals surface area contributed by atoms with Crippen molar-refractivity contribution in [1.82, 2.24) is 4.98 Å². The molecule has 0 amide bonds. The summed E-state index contributed by atoms with van der Waals surface area (Å²) >= 11 is 3.15. The highest BCUT2D eigenvalue weighted by atomic mass is 79.9. The van der Waals surface area contributed by atoms with E-state index in [1.54, 1.807) is 32.9 Å². The first-order chi connectivity index (χ1) is 12.3.